The highest BCUT2D eigenvalue weighted by Crippen LogP contribution is 2.23. The van der Waals surface area contributed by atoms with Gasteiger partial charge in [-0.3, -0.25) is 9.36 Å². The number of nitrogens with zero attached hydrogens (tertiary/aromatic N) is 1. The summed E-state index contributed by atoms with van der Waals surface area (Å²) in [5.41, 5.74) is 7.04. The average molecular weight is 302 g/mol. The van der Waals surface area contributed by atoms with Crippen LogP contribution in [0.15, 0.2) is 29.1 Å². The van der Waals surface area contributed by atoms with E-state index < -0.39 is 0 Å². The number of hydrogen-bond donors (Lipinski definition) is 3. The lowest BCUT2D eigenvalue weighted by atomic mass is 9.84. The summed E-state index contributed by atoms with van der Waals surface area (Å²) in [6.45, 7) is 0.634. The van der Waals surface area contributed by atoms with Crippen LogP contribution in [0, 0.1) is 5.92 Å². The molecular weight excluding hydrogens is 280 g/mol. The minimum atomic E-state index is -0.254. The maximum Gasteiger partial charge on any atom is 0.326 e. The molecule has 1 amide bonds. The molecule has 1 aromatic carbocycles. The summed E-state index contributed by atoms with van der Waals surface area (Å²) in [6, 6.07) is 7.51. The van der Waals surface area contributed by atoms with Gasteiger partial charge in [0, 0.05) is 6.04 Å². The summed E-state index contributed by atoms with van der Waals surface area (Å²) in [5.74, 6) is 0.217. The zero-order valence-electron chi connectivity index (χ0n) is 12.5. The Bertz CT molecular complexity index is 718. The molecule has 0 aliphatic heterocycles. The molecule has 1 heterocycles. The van der Waals surface area contributed by atoms with E-state index in [1.165, 1.54) is 11.0 Å². The molecule has 6 nitrogen and oxygen atoms in total. The number of nitrogens with two attached hydrogens (primary N) is 1. The Morgan fingerprint density at radius 3 is 2.91 bits per heavy atom. The summed E-state index contributed by atoms with van der Waals surface area (Å²) in [5, 5.41) is 3.06. The van der Waals surface area contributed by atoms with Gasteiger partial charge in [0.05, 0.1) is 11.0 Å². The van der Waals surface area contributed by atoms with Crippen LogP contribution in [0.2, 0.25) is 0 Å². The van der Waals surface area contributed by atoms with E-state index in [-0.39, 0.29) is 24.2 Å². The second kappa shape index (κ2) is 6.36. The first kappa shape index (κ1) is 14.8. The van der Waals surface area contributed by atoms with E-state index in [0.29, 0.717) is 12.5 Å². The number of amides is 1. The molecule has 6 heteroatoms. The van der Waals surface area contributed by atoms with Gasteiger partial charge < -0.3 is 16.0 Å². The second-order valence-electron chi connectivity index (χ2n) is 5.99. The van der Waals surface area contributed by atoms with Crippen molar-refractivity contribution < 1.29 is 4.79 Å². The number of aromatic nitrogens is 2. The Kier molecular flexibility index (Phi) is 4.29. The predicted molar refractivity (Wildman–Crippen MR) is 85.5 cm³/mol. The molecule has 3 rings (SSSR count). The average Bonchev–Trinajstić information content (AvgIpc) is 2.84. The molecule has 1 aromatic heterocycles. The summed E-state index contributed by atoms with van der Waals surface area (Å²) in [7, 11) is 0. The Morgan fingerprint density at radius 2 is 2.09 bits per heavy atom. The zero-order chi connectivity index (χ0) is 15.5. The van der Waals surface area contributed by atoms with Gasteiger partial charge >= 0.3 is 5.69 Å². The van der Waals surface area contributed by atoms with Crippen LogP contribution in [-0.4, -0.2) is 28.0 Å². The molecule has 1 aliphatic rings. The fourth-order valence-electron chi connectivity index (χ4n) is 3.34. The molecule has 22 heavy (non-hydrogen) atoms. The molecule has 1 aliphatic carbocycles. The summed E-state index contributed by atoms with van der Waals surface area (Å²) in [4.78, 5) is 27.1. The largest absolute Gasteiger partial charge is 0.351 e. The van der Waals surface area contributed by atoms with Gasteiger partial charge in [-0.1, -0.05) is 25.0 Å². The fraction of sp³-hybridized carbons (Fsp3) is 0.500. The molecule has 4 N–H and O–H groups in total. The Balaban J connectivity index is 1.73. The highest BCUT2D eigenvalue weighted by Gasteiger charge is 2.25. The number of aromatic amines is 1. The van der Waals surface area contributed by atoms with Crippen molar-refractivity contribution in [2.75, 3.05) is 6.54 Å². The normalized spacial score (nSPS) is 21.9. The monoisotopic (exact) mass is 302 g/mol. The lowest BCUT2D eigenvalue weighted by molar-refractivity contribution is -0.122. The predicted octanol–water partition coefficient (Wildman–Crippen LogP) is 0.963. The molecule has 0 bridgehead atoms. The van der Waals surface area contributed by atoms with E-state index in [1.807, 2.05) is 24.3 Å². The number of imidazole rings is 1. The maximum atomic E-state index is 12.3. The molecule has 0 spiro atoms. The molecule has 2 atom stereocenters. The second-order valence-corrected chi connectivity index (χ2v) is 5.99. The molecular formula is C16H22N4O2. The number of carbonyl (C=O) groups is 1. The molecule has 1 saturated carbocycles. The smallest absolute Gasteiger partial charge is 0.326 e. The first-order valence-corrected chi connectivity index (χ1v) is 7.86. The van der Waals surface area contributed by atoms with Crippen LogP contribution in [-0.2, 0) is 11.3 Å². The fourth-order valence-corrected chi connectivity index (χ4v) is 3.34. The quantitative estimate of drug-likeness (QED) is 0.785. The minimum Gasteiger partial charge on any atom is -0.351 e. The molecule has 1 fully saturated rings. The summed E-state index contributed by atoms with van der Waals surface area (Å²) < 4.78 is 1.48. The van der Waals surface area contributed by atoms with E-state index in [9.17, 15) is 9.59 Å². The standard InChI is InChI=1S/C16H22N4O2/c17-9-11-5-1-2-6-12(11)18-15(21)10-20-14-8-4-3-7-13(14)19-16(20)22/h3-4,7-8,11-12H,1-2,5-6,9-10,17H2,(H,18,21)(H,19,22). The van der Waals surface area contributed by atoms with E-state index in [2.05, 4.69) is 10.3 Å². The van der Waals surface area contributed by atoms with Crippen molar-refractivity contribution >= 4 is 16.9 Å². The van der Waals surface area contributed by atoms with E-state index >= 15 is 0 Å². The first-order valence-electron chi connectivity index (χ1n) is 7.86. The van der Waals surface area contributed by atoms with Crippen LogP contribution in [0.25, 0.3) is 11.0 Å². The summed E-state index contributed by atoms with van der Waals surface area (Å²) >= 11 is 0. The lowest BCUT2D eigenvalue weighted by Gasteiger charge is -2.31. The van der Waals surface area contributed by atoms with Crippen LogP contribution in [0.1, 0.15) is 25.7 Å². The number of benzene rings is 1. The molecule has 0 radical (unpaired) electrons. The van der Waals surface area contributed by atoms with Crippen LogP contribution in [0.5, 0.6) is 0 Å². The van der Waals surface area contributed by atoms with Crippen LogP contribution in [0.4, 0.5) is 0 Å². The molecule has 0 saturated heterocycles. The molecule has 2 aromatic rings. The number of carbonyl (C=O) groups excluding carboxylic acids is 1. The highest BCUT2D eigenvalue weighted by molar-refractivity contribution is 5.80. The van der Waals surface area contributed by atoms with Crippen molar-refractivity contribution in [2.24, 2.45) is 11.7 Å². The van der Waals surface area contributed by atoms with Crippen molar-refractivity contribution in [3.8, 4) is 0 Å². The first-order chi connectivity index (χ1) is 10.7. The van der Waals surface area contributed by atoms with Gasteiger partial charge in [-0.25, -0.2) is 4.79 Å². The van der Waals surface area contributed by atoms with Crippen LogP contribution >= 0.6 is 0 Å². The van der Waals surface area contributed by atoms with Gasteiger partial charge in [-0.15, -0.1) is 0 Å². The minimum absolute atomic E-state index is 0.0383. The van der Waals surface area contributed by atoms with Gasteiger partial charge in [-0.05, 0) is 37.4 Å². The number of nitrogens with one attached hydrogen (secondary N) is 2. The van der Waals surface area contributed by atoms with Crippen molar-refractivity contribution in [1.29, 1.82) is 0 Å². The van der Waals surface area contributed by atoms with Crippen molar-refractivity contribution in [3.05, 3.63) is 34.7 Å². The van der Waals surface area contributed by atoms with E-state index in [1.54, 1.807) is 0 Å². The summed E-state index contributed by atoms with van der Waals surface area (Å²) in [6.07, 6.45) is 4.33. The number of para-hydroxylation sites is 2. The third-order valence-electron chi connectivity index (χ3n) is 4.54. The Labute approximate surface area is 128 Å². The zero-order valence-corrected chi connectivity index (χ0v) is 12.5. The lowest BCUT2D eigenvalue weighted by Crippen LogP contribution is -2.46. The van der Waals surface area contributed by atoms with Gasteiger partial charge in [0.25, 0.3) is 0 Å². The Morgan fingerprint density at radius 1 is 1.32 bits per heavy atom. The van der Waals surface area contributed by atoms with Crippen molar-refractivity contribution in [1.82, 2.24) is 14.9 Å². The van der Waals surface area contributed by atoms with Crippen molar-refractivity contribution in [2.45, 2.75) is 38.3 Å². The topological polar surface area (TPSA) is 92.9 Å². The molecule has 118 valence electrons. The van der Waals surface area contributed by atoms with Crippen molar-refractivity contribution in [3.63, 3.8) is 0 Å². The maximum absolute atomic E-state index is 12.3. The number of H-pyrrole nitrogens is 1. The van der Waals surface area contributed by atoms with Crippen LogP contribution < -0.4 is 16.7 Å². The van der Waals surface area contributed by atoms with Gasteiger partial charge in [0.15, 0.2) is 0 Å². The van der Waals surface area contributed by atoms with Gasteiger partial charge in [0.2, 0.25) is 5.91 Å². The number of fused-ring (bicyclic) bond motifs is 1. The third kappa shape index (κ3) is 2.92. The molecule has 2 unspecified atom stereocenters. The van der Waals surface area contributed by atoms with Gasteiger partial charge in [0.1, 0.15) is 6.54 Å². The SMILES string of the molecule is NCC1CCCCC1NC(=O)Cn1c(=O)[nH]c2ccccc21. The van der Waals surface area contributed by atoms with E-state index in [4.69, 9.17) is 5.73 Å². The van der Waals surface area contributed by atoms with Gasteiger partial charge in [-0.2, -0.15) is 0 Å². The Hall–Kier alpha value is -2.08. The highest BCUT2D eigenvalue weighted by atomic mass is 16.2. The number of hydrogen-bond acceptors (Lipinski definition) is 3. The van der Waals surface area contributed by atoms with Crippen LogP contribution in [0.3, 0.4) is 0 Å². The third-order valence-corrected chi connectivity index (χ3v) is 4.54. The number of rotatable bonds is 4. The van der Waals surface area contributed by atoms with E-state index in [0.717, 1.165) is 30.3 Å².